The molecule has 1 fully saturated rings. The number of carbonyl (C=O) groups is 1. The molecule has 6 nitrogen and oxygen atoms in total. The largest absolute Gasteiger partial charge is 0.491 e. The Hall–Kier alpha value is -3.12. The molecule has 0 saturated carbocycles. The number of carbonyl (C=O) groups excluding carboxylic acids is 1. The van der Waals surface area contributed by atoms with E-state index in [1.807, 2.05) is 41.2 Å². The van der Waals surface area contributed by atoms with Crippen molar-refractivity contribution in [2.24, 2.45) is 0 Å². The highest BCUT2D eigenvalue weighted by Crippen LogP contribution is 2.16. The molecule has 2 heterocycles. The SMILES string of the molecule is O=C(NCc1cnn(Cc2ccccc2)c1)c1ccc(OCC2CCCO2)cc1. The van der Waals surface area contributed by atoms with E-state index in [0.29, 0.717) is 25.3 Å². The zero-order valence-electron chi connectivity index (χ0n) is 16.3. The highest BCUT2D eigenvalue weighted by atomic mass is 16.5. The van der Waals surface area contributed by atoms with Crippen molar-refractivity contribution in [3.8, 4) is 5.75 Å². The molecule has 1 aliphatic rings. The average Bonchev–Trinajstić information content (AvgIpc) is 3.44. The van der Waals surface area contributed by atoms with Crippen LogP contribution in [0.4, 0.5) is 0 Å². The van der Waals surface area contributed by atoms with E-state index in [2.05, 4.69) is 22.5 Å². The lowest BCUT2D eigenvalue weighted by Gasteiger charge is -2.11. The second kappa shape index (κ2) is 9.39. The quantitative estimate of drug-likeness (QED) is 0.639. The molecule has 1 saturated heterocycles. The number of ether oxygens (including phenoxy) is 2. The van der Waals surface area contributed by atoms with Crippen molar-refractivity contribution in [3.05, 3.63) is 83.7 Å². The van der Waals surface area contributed by atoms with Gasteiger partial charge in [-0.25, -0.2) is 0 Å². The van der Waals surface area contributed by atoms with Gasteiger partial charge in [-0.15, -0.1) is 0 Å². The number of amides is 1. The van der Waals surface area contributed by atoms with Crippen LogP contribution >= 0.6 is 0 Å². The van der Waals surface area contributed by atoms with Crippen LogP contribution in [-0.4, -0.2) is 35.0 Å². The van der Waals surface area contributed by atoms with E-state index in [0.717, 1.165) is 30.8 Å². The van der Waals surface area contributed by atoms with Crippen LogP contribution in [0.2, 0.25) is 0 Å². The summed E-state index contributed by atoms with van der Waals surface area (Å²) < 4.78 is 13.2. The molecule has 1 aliphatic heterocycles. The van der Waals surface area contributed by atoms with Gasteiger partial charge < -0.3 is 14.8 Å². The van der Waals surface area contributed by atoms with Gasteiger partial charge in [-0.1, -0.05) is 30.3 Å². The molecule has 1 atom stereocenters. The maximum absolute atomic E-state index is 12.4. The fourth-order valence-corrected chi connectivity index (χ4v) is 3.31. The van der Waals surface area contributed by atoms with Crippen molar-refractivity contribution >= 4 is 5.91 Å². The van der Waals surface area contributed by atoms with Gasteiger partial charge >= 0.3 is 0 Å². The molecule has 0 bridgehead atoms. The second-order valence-electron chi connectivity index (χ2n) is 7.18. The predicted molar refractivity (Wildman–Crippen MR) is 110 cm³/mol. The maximum atomic E-state index is 12.4. The highest BCUT2D eigenvalue weighted by molar-refractivity contribution is 5.94. The minimum absolute atomic E-state index is 0.119. The fraction of sp³-hybridized carbons (Fsp3) is 0.304. The van der Waals surface area contributed by atoms with Crippen molar-refractivity contribution in [2.75, 3.05) is 13.2 Å². The van der Waals surface area contributed by atoms with Gasteiger partial charge in [-0.05, 0) is 42.7 Å². The van der Waals surface area contributed by atoms with Crippen LogP contribution in [0.1, 0.15) is 34.3 Å². The minimum Gasteiger partial charge on any atom is -0.491 e. The summed E-state index contributed by atoms with van der Waals surface area (Å²) in [5.74, 6) is 0.630. The van der Waals surface area contributed by atoms with E-state index in [4.69, 9.17) is 9.47 Å². The monoisotopic (exact) mass is 391 g/mol. The normalized spacial score (nSPS) is 15.9. The third kappa shape index (κ3) is 5.45. The van der Waals surface area contributed by atoms with Crippen LogP contribution in [0.25, 0.3) is 0 Å². The first kappa shape index (κ1) is 19.2. The lowest BCUT2D eigenvalue weighted by Crippen LogP contribution is -2.22. The molecule has 1 N–H and O–H groups in total. The van der Waals surface area contributed by atoms with Crippen LogP contribution in [0.15, 0.2) is 67.0 Å². The summed E-state index contributed by atoms with van der Waals surface area (Å²) >= 11 is 0. The molecular weight excluding hydrogens is 366 g/mol. The second-order valence-corrected chi connectivity index (χ2v) is 7.18. The summed E-state index contributed by atoms with van der Waals surface area (Å²) in [5.41, 5.74) is 2.75. The van der Waals surface area contributed by atoms with Crippen molar-refractivity contribution in [2.45, 2.75) is 32.0 Å². The van der Waals surface area contributed by atoms with Gasteiger partial charge in [0.15, 0.2) is 0 Å². The topological polar surface area (TPSA) is 65.4 Å². The number of aromatic nitrogens is 2. The van der Waals surface area contributed by atoms with Gasteiger partial charge in [-0.3, -0.25) is 9.48 Å². The molecule has 4 rings (SSSR count). The van der Waals surface area contributed by atoms with Gasteiger partial charge in [0.1, 0.15) is 12.4 Å². The summed E-state index contributed by atoms with van der Waals surface area (Å²) in [6.45, 7) is 2.52. The Labute approximate surface area is 170 Å². The lowest BCUT2D eigenvalue weighted by molar-refractivity contribution is 0.0679. The fourth-order valence-electron chi connectivity index (χ4n) is 3.31. The molecule has 3 aromatic rings. The molecule has 150 valence electrons. The van der Waals surface area contributed by atoms with Crippen molar-refractivity contribution < 1.29 is 14.3 Å². The van der Waals surface area contributed by atoms with Crippen LogP contribution in [0.3, 0.4) is 0 Å². The van der Waals surface area contributed by atoms with E-state index in [9.17, 15) is 4.79 Å². The van der Waals surface area contributed by atoms with Gasteiger partial charge in [0, 0.05) is 30.5 Å². The lowest BCUT2D eigenvalue weighted by atomic mass is 10.2. The molecule has 2 aromatic carbocycles. The molecule has 0 aliphatic carbocycles. The van der Waals surface area contributed by atoms with Crippen LogP contribution < -0.4 is 10.1 Å². The van der Waals surface area contributed by atoms with Crippen molar-refractivity contribution in [1.29, 1.82) is 0 Å². The highest BCUT2D eigenvalue weighted by Gasteiger charge is 2.16. The summed E-state index contributed by atoms with van der Waals surface area (Å²) in [6.07, 6.45) is 6.06. The molecule has 1 unspecified atom stereocenters. The van der Waals surface area contributed by atoms with Gasteiger partial charge in [-0.2, -0.15) is 5.10 Å². The number of nitrogens with zero attached hydrogens (tertiary/aromatic N) is 2. The van der Waals surface area contributed by atoms with Crippen LogP contribution in [0, 0.1) is 0 Å². The number of hydrogen-bond donors (Lipinski definition) is 1. The third-order valence-corrected chi connectivity index (χ3v) is 4.90. The Balaban J connectivity index is 1.25. The first-order valence-electron chi connectivity index (χ1n) is 9.94. The molecule has 0 spiro atoms. The van der Waals surface area contributed by atoms with Crippen molar-refractivity contribution in [1.82, 2.24) is 15.1 Å². The summed E-state index contributed by atoms with van der Waals surface area (Å²) in [7, 11) is 0. The number of rotatable bonds is 8. The van der Waals surface area contributed by atoms with Crippen LogP contribution in [-0.2, 0) is 17.8 Å². The Kier molecular flexibility index (Phi) is 6.22. The van der Waals surface area contributed by atoms with Gasteiger partial charge in [0.05, 0.1) is 18.8 Å². The Morgan fingerprint density at radius 3 is 2.72 bits per heavy atom. The van der Waals surface area contributed by atoms with E-state index in [-0.39, 0.29) is 12.0 Å². The van der Waals surface area contributed by atoms with E-state index in [1.54, 1.807) is 18.3 Å². The Morgan fingerprint density at radius 2 is 1.97 bits per heavy atom. The Morgan fingerprint density at radius 1 is 1.14 bits per heavy atom. The number of benzene rings is 2. The first-order chi connectivity index (χ1) is 14.3. The van der Waals surface area contributed by atoms with Crippen LogP contribution in [0.5, 0.6) is 5.75 Å². The van der Waals surface area contributed by atoms with Gasteiger partial charge in [0.25, 0.3) is 5.91 Å². The minimum atomic E-state index is -0.119. The molecule has 1 amide bonds. The predicted octanol–water partition coefficient (Wildman–Crippen LogP) is 3.42. The molecule has 6 heteroatoms. The molecule has 29 heavy (non-hydrogen) atoms. The van der Waals surface area contributed by atoms with E-state index in [1.165, 1.54) is 5.56 Å². The standard InChI is InChI=1S/C23H25N3O3/c27-23(20-8-10-21(11-9-20)29-17-22-7-4-12-28-22)24-13-19-14-25-26(16-19)15-18-5-2-1-3-6-18/h1-3,5-6,8-11,14,16,22H,4,7,12-13,15,17H2,(H,24,27). The van der Waals surface area contributed by atoms with Crippen molar-refractivity contribution in [3.63, 3.8) is 0 Å². The maximum Gasteiger partial charge on any atom is 0.251 e. The molecular formula is C23H25N3O3. The van der Waals surface area contributed by atoms with Gasteiger partial charge in [0.2, 0.25) is 0 Å². The average molecular weight is 391 g/mol. The summed E-state index contributed by atoms with van der Waals surface area (Å²) in [4.78, 5) is 12.4. The molecule has 1 aromatic heterocycles. The third-order valence-electron chi connectivity index (χ3n) is 4.90. The Bertz CT molecular complexity index is 916. The zero-order valence-corrected chi connectivity index (χ0v) is 16.3. The number of nitrogens with one attached hydrogen (secondary N) is 1. The smallest absolute Gasteiger partial charge is 0.251 e. The first-order valence-corrected chi connectivity index (χ1v) is 9.94. The van der Waals surface area contributed by atoms with E-state index < -0.39 is 0 Å². The summed E-state index contributed by atoms with van der Waals surface area (Å²) in [6, 6.07) is 17.4. The number of hydrogen-bond acceptors (Lipinski definition) is 4. The summed E-state index contributed by atoms with van der Waals surface area (Å²) in [5, 5.41) is 7.30. The zero-order chi connectivity index (χ0) is 19.9. The van der Waals surface area contributed by atoms with E-state index >= 15 is 0 Å². The molecule has 0 radical (unpaired) electrons.